The van der Waals surface area contributed by atoms with Crippen LogP contribution in [0.25, 0.3) is 5.65 Å². The third-order valence-electron chi connectivity index (χ3n) is 4.56. The highest BCUT2D eigenvalue weighted by Crippen LogP contribution is 2.31. The predicted octanol–water partition coefficient (Wildman–Crippen LogP) is 5.49. The van der Waals surface area contributed by atoms with Gasteiger partial charge in [-0.25, -0.2) is 4.98 Å². The van der Waals surface area contributed by atoms with Gasteiger partial charge in [-0.3, -0.25) is 18.9 Å². The van der Waals surface area contributed by atoms with Crippen LogP contribution in [0.1, 0.15) is 38.3 Å². The summed E-state index contributed by atoms with van der Waals surface area (Å²) in [6.45, 7) is 3.39. The number of allylic oxidation sites excluding steroid dienone is 1. The van der Waals surface area contributed by atoms with E-state index < -0.39 is 0 Å². The van der Waals surface area contributed by atoms with E-state index in [1.54, 1.807) is 11.8 Å². The van der Waals surface area contributed by atoms with Crippen LogP contribution in [0, 0.1) is 0 Å². The molecule has 0 bridgehead atoms. The van der Waals surface area contributed by atoms with Gasteiger partial charge in [0.05, 0.1) is 21.8 Å². The zero-order valence-electron chi connectivity index (χ0n) is 18.1. The second-order valence-corrected chi connectivity index (χ2v) is 9.39. The quantitative estimate of drug-likeness (QED) is 0.242. The van der Waals surface area contributed by atoms with Gasteiger partial charge in [0, 0.05) is 13.1 Å². The molecule has 10 heteroatoms. The minimum absolute atomic E-state index is 0. The van der Waals surface area contributed by atoms with E-state index in [1.165, 1.54) is 15.6 Å². The van der Waals surface area contributed by atoms with Crippen molar-refractivity contribution in [3.8, 4) is 0 Å². The van der Waals surface area contributed by atoms with Crippen molar-refractivity contribution in [2.45, 2.75) is 44.2 Å². The summed E-state index contributed by atoms with van der Waals surface area (Å²) in [4.78, 5) is 33.1. The fourth-order valence-electron chi connectivity index (χ4n) is 3.17. The Kier molecular flexibility index (Phi) is 12.0. The number of carbonyl (C=O) groups excluding carboxylic acids is 2. The van der Waals surface area contributed by atoms with E-state index >= 15 is 0 Å². The summed E-state index contributed by atoms with van der Waals surface area (Å²) in [5.41, 5.74) is 2.13. The first kappa shape index (κ1) is 27.8. The van der Waals surface area contributed by atoms with Crippen molar-refractivity contribution in [2.75, 3.05) is 26.4 Å². The lowest BCUT2D eigenvalue weighted by Crippen LogP contribution is -2.29. The van der Waals surface area contributed by atoms with Gasteiger partial charge in [0.1, 0.15) is 5.65 Å². The lowest BCUT2D eigenvalue weighted by atomic mass is 10.3. The van der Waals surface area contributed by atoms with Crippen LogP contribution in [-0.2, 0) is 11.3 Å². The lowest BCUT2D eigenvalue weighted by Gasteiger charge is -2.13. The van der Waals surface area contributed by atoms with Crippen LogP contribution in [0.3, 0.4) is 0 Å². The molecule has 1 aliphatic heterocycles. The maximum Gasteiger partial charge on any atom is 0.293 e. The van der Waals surface area contributed by atoms with Gasteiger partial charge < -0.3 is 4.90 Å². The molecule has 0 unspecified atom stereocenters. The van der Waals surface area contributed by atoms with E-state index in [4.69, 9.17) is 0 Å². The molecule has 1 aliphatic rings. The molecule has 172 valence electrons. The zero-order valence-corrected chi connectivity index (χ0v) is 21.3. The molecule has 2 aromatic rings. The Balaban J connectivity index is 0.00000240. The van der Waals surface area contributed by atoms with Crippen molar-refractivity contribution in [2.24, 2.45) is 0 Å². The van der Waals surface area contributed by atoms with Crippen molar-refractivity contribution in [3.05, 3.63) is 41.1 Å². The molecule has 3 heterocycles. The number of rotatable bonds is 10. The molecule has 2 amide bonds. The van der Waals surface area contributed by atoms with Gasteiger partial charge in [0.15, 0.2) is 0 Å². The summed E-state index contributed by atoms with van der Waals surface area (Å²) in [6, 6.07) is 6.18. The molecular formula is C21H30Cl2N4O2S2. The van der Waals surface area contributed by atoms with Crippen LogP contribution in [0.15, 0.2) is 40.4 Å². The van der Waals surface area contributed by atoms with E-state index in [1.807, 2.05) is 24.4 Å². The molecule has 1 fully saturated rings. The van der Waals surface area contributed by atoms with Gasteiger partial charge in [0.25, 0.3) is 11.1 Å². The summed E-state index contributed by atoms with van der Waals surface area (Å²) < 4.78 is 2.21. The molecule has 0 N–H and O–H groups in total. The van der Waals surface area contributed by atoms with E-state index in [0.29, 0.717) is 11.4 Å². The van der Waals surface area contributed by atoms with Crippen molar-refractivity contribution in [3.63, 3.8) is 0 Å². The number of imidazole rings is 1. The Labute approximate surface area is 205 Å². The first-order valence-corrected chi connectivity index (χ1v) is 11.8. The molecule has 0 atom stereocenters. The number of aromatic nitrogens is 2. The number of amides is 2. The highest BCUT2D eigenvalue weighted by molar-refractivity contribution is 8.18. The molecule has 1 saturated heterocycles. The van der Waals surface area contributed by atoms with E-state index in [-0.39, 0.29) is 36.0 Å². The summed E-state index contributed by atoms with van der Waals surface area (Å²) in [5, 5.41) is 1.03. The van der Waals surface area contributed by atoms with Gasteiger partial charge in [0.2, 0.25) is 0 Å². The smallest absolute Gasteiger partial charge is 0.293 e. The van der Waals surface area contributed by atoms with Crippen LogP contribution in [-0.4, -0.2) is 56.7 Å². The van der Waals surface area contributed by atoms with Gasteiger partial charge in [-0.05, 0) is 63.0 Å². The molecule has 6 nitrogen and oxygen atoms in total. The van der Waals surface area contributed by atoms with E-state index in [2.05, 4.69) is 41.4 Å². The molecule has 0 aromatic carbocycles. The van der Waals surface area contributed by atoms with Crippen LogP contribution in [0.4, 0.5) is 4.79 Å². The number of hydrogen-bond acceptors (Lipinski definition) is 6. The first-order chi connectivity index (χ1) is 14.0. The maximum atomic E-state index is 12.3. The Hall–Kier alpha value is -1.19. The fourth-order valence-corrected chi connectivity index (χ4v) is 5.11. The molecule has 3 rings (SSSR count). The summed E-state index contributed by atoms with van der Waals surface area (Å²) in [5.74, 6) is 0.804. The van der Waals surface area contributed by atoms with Gasteiger partial charge >= 0.3 is 0 Å². The zero-order chi connectivity index (χ0) is 20.8. The second kappa shape index (κ2) is 13.4. The monoisotopic (exact) mass is 504 g/mol. The van der Waals surface area contributed by atoms with Crippen LogP contribution >= 0.6 is 48.3 Å². The van der Waals surface area contributed by atoms with Crippen molar-refractivity contribution < 1.29 is 9.59 Å². The minimum atomic E-state index is -0.137. The average molecular weight is 506 g/mol. The normalized spacial score (nSPS) is 15.1. The predicted molar refractivity (Wildman–Crippen MR) is 135 cm³/mol. The number of thioether (sulfide) groups is 2. The largest absolute Gasteiger partial charge is 0.304 e. The van der Waals surface area contributed by atoms with E-state index in [0.717, 1.165) is 55.4 Å². The number of fused-ring (bicyclic) bond motifs is 1. The second-order valence-electron chi connectivity index (χ2n) is 7.28. The molecule has 0 aliphatic carbocycles. The molecule has 0 saturated carbocycles. The van der Waals surface area contributed by atoms with Gasteiger partial charge in [-0.1, -0.05) is 25.5 Å². The molecule has 2 aromatic heterocycles. The number of unbranched alkanes of at least 4 members (excludes halogenated alkanes) is 2. The lowest BCUT2D eigenvalue weighted by molar-refractivity contribution is -0.122. The number of nitrogens with zero attached hydrogens (tertiary/aromatic N) is 4. The molecule has 0 radical (unpaired) electrons. The van der Waals surface area contributed by atoms with Crippen LogP contribution < -0.4 is 0 Å². The van der Waals surface area contributed by atoms with Gasteiger partial charge in [-0.15, -0.1) is 36.6 Å². The molecule has 0 spiro atoms. The van der Waals surface area contributed by atoms with Crippen LogP contribution in [0.5, 0.6) is 0 Å². The number of imide groups is 1. The highest BCUT2D eigenvalue weighted by atomic mass is 35.5. The standard InChI is InChI=1S/C21H28N4O2S2.2ClH/c1-4-5-9-17-20(26)24(21(27)29-17)12-6-7-13-28-19-11-8-10-18-22-14-16(25(18)19)15-23(2)3;;/h8-11,14H,4-7,12-13,15H2,1-3H3;2*1H. The fraction of sp³-hybridized carbons (Fsp3) is 0.476. The van der Waals surface area contributed by atoms with Crippen LogP contribution in [0.2, 0.25) is 0 Å². The first-order valence-electron chi connectivity index (χ1n) is 9.98. The third kappa shape index (κ3) is 7.15. The van der Waals surface area contributed by atoms with Crippen molar-refractivity contribution in [1.82, 2.24) is 19.2 Å². The maximum absolute atomic E-state index is 12.3. The Bertz CT molecular complexity index is 918. The minimum Gasteiger partial charge on any atom is -0.304 e. The average Bonchev–Trinajstić information content (AvgIpc) is 3.21. The third-order valence-corrected chi connectivity index (χ3v) is 6.63. The van der Waals surface area contributed by atoms with E-state index in [9.17, 15) is 9.59 Å². The topological polar surface area (TPSA) is 57.9 Å². The Morgan fingerprint density at radius 3 is 2.68 bits per heavy atom. The summed E-state index contributed by atoms with van der Waals surface area (Å²) in [6.07, 6.45) is 7.39. The summed E-state index contributed by atoms with van der Waals surface area (Å²) >= 11 is 2.86. The van der Waals surface area contributed by atoms with Gasteiger partial charge in [-0.2, -0.15) is 0 Å². The Morgan fingerprint density at radius 1 is 1.19 bits per heavy atom. The molecular weight excluding hydrogens is 475 g/mol. The Morgan fingerprint density at radius 2 is 1.97 bits per heavy atom. The number of carbonyl (C=O) groups is 2. The number of pyridine rings is 1. The van der Waals surface area contributed by atoms with Crippen molar-refractivity contribution in [1.29, 1.82) is 0 Å². The SMILES string of the molecule is CCCC=C1SC(=O)N(CCCCSc2cccc3ncc(CN(C)C)n23)C1=O.Cl.Cl. The summed E-state index contributed by atoms with van der Waals surface area (Å²) in [7, 11) is 4.11. The van der Waals surface area contributed by atoms with Crippen molar-refractivity contribution >= 4 is 65.1 Å². The number of hydrogen-bond donors (Lipinski definition) is 0. The highest BCUT2D eigenvalue weighted by Gasteiger charge is 2.34. The molecule has 31 heavy (non-hydrogen) atoms. The number of halogens is 2.